The lowest BCUT2D eigenvalue weighted by atomic mass is 10.2. The van der Waals surface area contributed by atoms with E-state index in [4.69, 9.17) is 10.8 Å². The number of aromatic carboxylic acids is 1. The van der Waals surface area contributed by atoms with Gasteiger partial charge in [0.05, 0.1) is 37.4 Å². The molecule has 0 fully saturated rings. The van der Waals surface area contributed by atoms with Crippen LogP contribution < -0.4 is 5.73 Å². The second kappa shape index (κ2) is 8.61. The molecule has 15 nitrogen and oxygen atoms in total. The number of hydrogen-bond acceptors (Lipinski definition) is 10. The summed E-state index contributed by atoms with van der Waals surface area (Å²) in [5, 5.41) is 49.7. The fourth-order valence-electron chi connectivity index (χ4n) is 1.76. The van der Waals surface area contributed by atoms with Crippen molar-refractivity contribution in [3.05, 3.63) is 82.4 Å². The Labute approximate surface area is 153 Å². The molecule has 0 saturated heterocycles. The van der Waals surface area contributed by atoms with E-state index < -0.39 is 42.6 Å². The molecule has 0 bridgehead atoms. The average molecular weight is 395 g/mol. The summed E-state index contributed by atoms with van der Waals surface area (Å²) >= 11 is 0. The molecule has 0 spiro atoms. The highest BCUT2D eigenvalue weighted by Crippen LogP contribution is 2.24. The Kier molecular flexibility index (Phi) is 6.56. The van der Waals surface area contributed by atoms with Crippen LogP contribution in [-0.2, 0) is 0 Å². The number of carbonyl (C=O) groups is 1. The van der Waals surface area contributed by atoms with Gasteiger partial charge in [0.1, 0.15) is 0 Å². The van der Waals surface area contributed by atoms with Crippen LogP contribution in [0.3, 0.4) is 0 Å². The molecule has 0 unspecified atom stereocenters. The Morgan fingerprint density at radius 1 is 0.679 bits per heavy atom. The standard InChI is InChI=1S/C7H4N2O6.C6H5N3O4/c10-7(11)4-1-5(8(12)13)3-6(2-4)9(14)15;7-4-1-5(8(10)11)3-6(2-4)9(12)13/h1-3H,(H,10,11);1-3H,7H2. The molecule has 0 radical (unpaired) electrons. The molecule has 0 amide bonds. The van der Waals surface area contributed by atoms with Crippen LogP contribution >= 0.6 is 0 Å². The molecule has 0 heterocycles. The van der Waals surface area contributed by atoms with Crippen LogP contribution in [0.5, 0.6) is 0 Å². The third-order valence-corrected chi connectivity index (χ3v) is 2.92. The van der Waals surface area contributed by atoms with Crippen LogP contribution in [-0.4, -0.2) is 30.8 Å². The first kappa shape index (κ1) is 21.4. The molecule has 3 N–H and O–H groups in total. The van der Waals surface area contributed by atoms with Gasteiger partial charge in [0.15, 0.2) is 0 Å². The van der Waals surface area contributed by atoms with Gasteiger partial charge >= 0.3 is 5.97 Å². The maximum atomic E-state index is 10.5. The highest BCUT2D eigenvalue weighted by molar-refractivity contribution is 5.89. The molecular formula is C13H9N5O10. The number of nitrogens with zero attached hydrogens (tertiary/aromatic N) is 4. The second-order valence-corrected chi connectivity index (χ2v) is 4.85. The van der Waals surface area contributed by atoms with Gasteiger partial charge in [0.2, 0.25) is 0 Å². The monoisotopic (exact) mass is 395 g/mol. The van der Waals surface area contributed by atoms with Gasteiger partial charge in [-0.25, -0.2) is 4.79 Å². The summed E-state index contributed by atoms with van der Waals surface area (Å²) < 4.78 is 0. The first-order valence-corrected chi connectivity index (χ1v) is 6.79. The van der Waals surface area contributed by atoms with E-state index in [2.05, 4.69) is 0 Å². The summed E-state index contributed by atoms with van der Waals surface area (Å²) in [6.07, 6.45) is 0. The van der Waals surface area contributed by atoms with Crippen LogP contribution in [0.1, 0.15) is 10.4 Å². The highest BCUT2D eigenvalue weighted by Gasteiger charge is 2.19. The van der Waals surface area contributed by atoms with Gasteiger partial charge in [-0.05, 0) is 0 Å². The lowest BCUT2D eigenvalue weighted by Gasteiger charge is -1.96. The van der Waals surface area contributed by atoms with Gasteiger partial charge < -0.3 is 10.8 Å². The van der Waals surface area contributed by atoms with Crippen LogP contribution in [0.2, 0.25) is 0 Å². The van der Waals surface area contributed by atoms with Crippen LogP contribution in [0.15, 0.2) is 36.4 Å². The molecule has 0 saturated carbocycles. The van der Waals surface area contributed by atoms with E-state index in [1.807, 2.05) is 0 Å². The van der Waals surface area contributed by atoms with Gasteiger partial charge in [-0.1, -0.05) is 0 Å². The molecule has 2 rings (SSSR count). The zero-order valence-electron chi connectivity index (χ0n) is 13.5. The van der Waals surface area contributed by atoms with Crippen molar-refractivity contribution in [1.29, 1.82) is 0 Å². The molecule has 2 aromatic carbocycles. The minimum atomic E-state index is -1.46. The average Bonchev–Trinajstić information content (AvgIpc) is 2.61. The summed E-state index contributed by atoms with van der Waals surface area (Å²) in [7, 11) is 0. The van der Waals surface area contributed by atoms with Gasteiger partial charge in [-0.3, -0.25) is 40.5 Å². The second-order valence-electron chi connectivity index (χ2n) is 4.85. The summed E-state index contributed by atoms with van der Waals surface area (Å²) in [5.74, 6) is -1.46. The summed E-state index contributed by atoms with van der Waals surface area (Å²) in [6, 6.07) is 5.20. The smallest absolute Gasteiger partial charge is 0.336 e. The molecule has 28 heavy (non-hydrogen) atoms. The third kappa shape index (κ3) is 5.69. The van der Waals surface area contributed by atoms with E-state index in [1.165, 1.54) is 0 Å². The Bertz CT molecular complexity index is 878. The van der Waals surface area contributed by atoms with Crippen molar-refractivity contribution < 1.29 is 29.6 Å². The number of carboxylic acid groups (broad SMARTS) is 1. The van der Waals surface area contributed by atoms with Gasteiger partial charge in [0, 0.05) is 30.0 Å². The van der Waals surface area contributed by atoms with E-state index in [9.17, 15) is 45.3 Å². The number of nitrogens with two attached hydrogens (primary N) is 1. The quantitative estimate of drug-likeness (QED) is 0.423. The lowest BCUT2D eigenvalue weighted by Crippen LogP contribution is -2.00. The van der Waals surface area contributed by atoms with Crippen molar-refractivity contribution in [1.82, 2.24) is 0 Å². The van der Waals surface area contributed by atoms with Crippen molar-refractivity contribution >= 4 is 34.4 Å². The number of anilines is 1. The molecule has 2 aromatic rings. The zero-order chi connectivity index (χ0) is 21.6. The molecule has 15 heteroatoms. The molecular weight excluding hydrogens is 386 g/mol. The van der Waals surface area contributed by atoms with Crippen molar-refractivity contribution in [2.45, 2.75) is 0 Å². The number of carboxylic acids is 1. The molecule has 0 aliphatic carbocycles. The Balaban J connectivity index is 0.000000283. The molecule has 0 aromatic heterocycles. The number of nitro groups is 4. The number of benzene rings is 2. The van der Waals surface area contributed by atoms with E-state index in [0.29, 0.717) is 6.07 Å². The number of nitro benzene ring substituents is 4. The van der Waals surface area contributed by atoms with Crippen LogP contribution in [0.4, 0.5) is 28.4 Å². The van der Waals surface area contributed by atoms with Gasteiger partial charge in [-0.2, -0.15) is 0 Å². The minimum absolute atomic E-state index is 0.000833. The summed E-state index contributed by atoms with van der Waals surface area (Å²) in [5.41, 5.74) is 2.72. The lowest BCUT2D eigenvalue weighted by molar-refractivity contribution is -0.394. The van der Waals surface area contributed by atoms with Gasteiger partial charge in [0.25, 0.3) is 22.7 Å². The third-order valence-electron chi connectivity index (χ3n) is 2.92. The number of nitrogen functional groups attached to an aromatic ring is 1. The molecule has 146 valence electrons. The van der Waals surface area contributed by atoms with E-state index in [-0.39, 0.29) is 17.1 Å². The minimum Gasteiger partial charge on any atom is -0.478 e. The highest BCUT2D eigenvalue weighted by atomic mass is 16.6. The zero-order valence-corrected chi connectivity index (χ0v) is 13.5. The van der Waals surface area contributed by atoms with Crippen molar-refractivity contribution in [2.24, 2.45) is 0 Å². The summed E-state index contributed by atoms with van der Waals surface area (Å²) in [6.45, 7) is 0. The number of rotatable bonds is 5. The van der Waals surface area contributed by atoms with Crippen LogP contribution in [0, 0.1) is 40.5 Å². The summed E-state index contributed by atoms with van der Waals surface area (Å²) in [4.78, 5) is 48.5. The van der Waals surface area contributed by atoms with Crippen molar-refractivity contribution in [3.8, 4) is 0 Å². The van der Waals surface area contributed by atoms with Crippen molar-refractivity contribution in [3.63, 3.8) is 0 Å². The van der Waals surface area contributed by atoms with Crippen molar-refractivity contribution in [2.75, 3.05) is 5.73 Å². The van der Waals surface area contributed by atoms with E-state index in [0.717, 1.165) is 30.3 Å². The van der Waals surface area contributed by atoms with E-state index >= 15 is 0 Å². The first-order valence-electron chi connectivity index (χ1n) is 6.79. The predicted octanol–water partition coefficient (Wildman–Crippen LogP) is 2.29. The fraction of sp³-hybridized carbons (Fsp3) is 0. The molecule has 0 aliphatic heterocycles. The van der Waals surface area contributed by atoms with Gasteiger partial charge in [-0.15, -0.1) is 0 Å². The predicted molar refractivity (Wildman–Crippen MR) is 90.9 cm³/mol. The Morgan fingerprint density at radius 2 is 0.964 bits per heavy atom. The first-order chi connectivity index (χ1) is 12.9. The Hall–Kier alpha value is -4.69. The topological polar surface area (TPSA) is 236 Å². The number of hydrogen-bond donors (Lipinski definition) is 2. The maximum Gasteiger partial charge on any atom is 0.336 e. The normalized spacial score (nSPS) is 9.57. The number of non-ortho nitro benzene ring substituents is 4. The largest absolute Gasteiger partial charge is 0.478 e. The molecule has 0 aliphatic rings. The maximum absolute atomic E-state index is 10.5. The van der Waals surface area contributed by atoms with E-state index in [1.54, 1.807) is 0 Å². The van der Waals surface area contributed by atoms with Crippen LogP contribution in [0.25, 0.3) is 0 Å². The molecule has 0 atom stereocenters. The Morgan fingerprint density at radius 3 is 1.21 bits per heavy atom. The SMILES string of the molecule is Nc1cc([N+](=O)[O-])cc([N+](=O)[O-])c1.O=C(O)c1cc([N+](=O)[O-])cc([N+](=O)[O-])c1. The fourth-order valence-corrected chi connectivity index (χ4v) is 1.76.